The minimum Gasteiger partial charge on any atom is -0.392 e. The van der Waals surface area contributed by atoms with Crippen LogP contribution in [0, 0.1) is 5.82 Å². The highest BCUT2D eigenvalue weighted by Gasteiger charge is 2.21. The molecule has 1 heterocycles. The molecule has 0 radical (unpaired) electrons. The predicted molar refractivity (Wildman–Crippen MR) is 107 cm³/mol. The van der Waals surface area contributed by atoms with Crippen molar-refractivity contribution in [3.8, 4) is 0 Å². The van der Waals surface area contributed by atoms with Gasteiger partial charge in [-0.05, 0) is 41.8 Å². The van der Waals surface area contributed by atoms with Gasteiger partial charge in [-0.3, -0.25) is 9.79 Å². The molecule has 1 amide bonds. The van der Waals surface area contributed by atoms with Crippen molar-refractivity contribution >= 4 is 17.6 Å². The predicted octanol–water partition coefficient (Wildman–Crippen LogP) is 2.31. The second-order valence-corrected chi connectivity index (χ2v) is 6.68. The number of amides is 1. The van der Waals surface area contributed by atoms with Crippen molar-refractivity contribution in [2.45, 2.75) is 32.5 Å². The van der Waals surface area contributed by atoms with Crippen LogP contribution in [0.5, 0.6) is 0 Å². The van der Waals surface area contributed by atoms with E-state index in [1.54, 1.807) is 19.2 Å². The van der Waals surface area contributed by atoms with Crippen LogP contribution in [0.3, 0.4) is 0 Å². The number of anilines is 1. The number of aliphatic hydroxyl groups excluding tert-OH is 1. The molecule has 6 nitrogen and oxygen atoms in total. The van der Waals surface area contributed by atoms with Crippen molar-refractivity contribution in [1.29, 1.82) is 0 Å². The van der Waals surface area contributed by atoms with E-state index in [1.165, 1.54) is 6.07 Å². The summed E-state index contributed by atoms with van der Waals surface area (Å²) in [5, 5.41) is 15.6. The Kier molecular flexibility index (Phi) is 6.60. The highest BCUT2D eigenvalue weighted by Crippen LogP contribution is 2.21. The summed E-state index contributed by atoms with van der Waals surface area (Å²) < 4.78 is 13.5. The molecule has 1 saturated heterocycles. The van der Waals surface area contributed by atoms with Crippen LogP contribution in [-0.2, 0) is 24.5 Å². The molecule has 0 bridgehead atoms. The summed E-state index contributed by atoms with van der Waals surface area (Å²) >= 11 is 0. The van der Waals surface area contributed by atoms with Gasteiger partial charge >= 0.3 is 0 Å². The Morgan fingerprint density at radius 3 is 2.43 bits per heavy atom. The molecule has 1 aliphatic heterocycles. The number of rotatable bonds is 6. The summed E-state index contributed by atoms with van der Waals surface area (Å²) in [6.07, 6.45) is 1.54. The number of halogens is 1. The summed E-state index contributed by atoms with van der Waals surface area (Å²) in [7, 11) is 1.68. The van der Waals surface area contributed by atoms with Crippen LogP contribution in [0.25, 0.3) is 0 Å². The number of nitrogens with zero attached hydrogens (tertiary/aromatic N) is 2. The van der Waals surface area contributed by atoms with Gasteiger partial charge in [-0.1, -0.05) is 18.2 Å². The van der Waals surface area contributed by atoms with Crippen LogP contribution in [-0.4, -0.2) is 30.6 Å². The summed E-state index contributed by atoms with van der Waals surface area (Å²) in [6, 6.07) is 12.6. The molecule has 0 aliphatic carbocycles. The third kappa shape index (κ3) is 4.86. The zero-order valence-corrected chi connectivity index (χ0v) is 15.9. The van der Waals surface area contributed by atoms with Gasteiger partial charge < -0.3 is 20.6 Å². The fraction of sp³-hybridized carbons (Fsp3) is 0.333. The van der Waals surface area contributed by atoms with Gasteiger partial charge in [0.1, 0.15) is 5.82 Å². The number of nitrogens with one attached hydrogen (secondary N) is 2. The Balaban J connectivity index is 1.52. The van der Waals surface area contributed by atoms with E-state index in [0.717, 1.165) is 29.8 Å². The van der Waals surface area contributed by atoms with Crippen LogP contribution in [0.15, 0.2) is 47.5 Å². The molecule has 0 saturated carbocycles. The molecule has 2 aromatic carbocycles. The third-order valence-corrected chi connectivity index (χ3v) is 4.75. The molecule has 7 heteroatoms. The topological polar surface area (TPSA) is 77.0 Å². The molecular weight excluding hydrogens is 359 g/mol. The first-order valence-corrected chi connectivity index (χ1v) is 9.32. The monoisotopic (exact) mass is 384 g/mol. The normalized spacial score (nSPS) is 14.5. The maximum atomic E-state index is 13.5. The maximum Gasteiger partial charge on any atom is 0.227 e. The second-order valence-electron chi connectivity index (χ2n) is 6.68. The zero-order chi connectivity index (χ0) is 19.9. The fourth-order valence-electron chi connectivity index (χ4n) is 3.17. The zero-order valence-electron chi connectivity index (χ0n) is 15.9. The van der Waals surface area contributed by atoms with Crippen LogP contribution in [0.4, 0.5) is 10.1 Å². The van der Waals surface area contributed by atoms with Crippen molar-refractivity contribution in [1.82, 2.24) is 10.6 Å². The lowest BCUT2D eigenvalue weighted by atomic mass is 10.1. The van der Waals surface area contributed by atoms with E-state index in [-0.39, 0.29) is 18.1 Å². The van der Waals surface area contributed by atoms with E-state index >= 15 is 0 Å². The minimum absolute atomic E-state index is 0.181. The SMILES string of the molecule is CN=C(NCc1ccc(N2CCCC2=O)cc1)NCc1ccc(F)c(CO)c1. The molecule has 0 atom stereocenters. The van der Waals surface area contributed by atoms with Gasteiger partial charge in [0.05, 0.1) is 6.61 Å². The van der Waals surface area contributed by atoms with Crippen LogP contribution < -0.4 is 15.5 Å². The first kappa shape index (κ1) is 19.8. The van der Waals surface area contributed by atoms with Crippen LogP contribution in [0.1, 0.15) is 29.5 Å². The third-order valence-electron chi connectivity index (χ3n) is 4.75. The fourth-order valence-corrected chi connectivity index (χ4v) is 3.17. The van der Waals surface area contributed by atoms with Gasteiger partial charge in [-0.25, -0.2) is 4.39 Å². The lowest BCUT2D eigenvalue weighted by Crippen LogP contribution is -2.36. The molecule has 3 rings (SSSR count). The van der Waals surface area contributed by atoms with E-state index in [9.17, 15) is 9.18 Å². The Labute approximate surface area is 164 Å². The molecule has 0 unspecified atom stereocenters. The standard InChI is InChI=1S/C21H25FN4O2/c1-23-21(25-13-16-6-9-19(22)17(11-16)14-27)24-12-15-4-7-18(8-5-15)26-10-2-3-20(26)28/h4-9,11,27H,2-3,10,12-14H2,1H3,(H2,23,24,25). The number of hydrogen-bond donors (Lipinski definition) is 3. The van der Waals surface area contributed by atoms with E-state index < -0.39 is 5.82 Å². The lowest BCUT2D eigenvalue weighted by Gasteiger charge is -2.16. The van der Waals surface area contributed by atoms with Crippen molar-refractivity contribution in [2.24, 2.45) is 4.99 Å². The summed E-state index contributed by atoms with van der Waals surface area (Å²) in [4.78, 5) is 17.8. The Morgan fingerprint density at radius 1 is 1.14 bits per heavy atom. The van der Waals surface area contributed by atoms with E-state index in [4.69, 9.17) is 5.11 Å². The van der Waals surface area contributed by atoms with E-state index in [0.29, 0.717) is 25.5 Å². The molecule has 3 N–H and O–H groups in total. The summed E-state index contributed by atoms with van der Waals surface area (Å²) in [5.41, 5.74) is 3.14. The number of aliphatic imine (C=N–C) groups is 1. The number of hydrogen-bond acceptors (Lipinski definition) is 3. The minimum atomic E-state index is -0.409. The quantitative estimate of drug-likeness (QED) is 0.528. The van der Waals surface area contributed by atoms with Gasteiger partial charge in [-0.15, -0.1) is 0 Å². The molecule has 0 spiro atoms. The average Bonchev–Trinajstić information content (AvgIpc) is 3.15. The number of carbonyl (C=O) groups excluding carboxylic acids is 1. The van der Waals surface area contributed by atoms with Gasteiger partial charge in [0.25, 0.3) is 0 Å². The van der Waals surface area contributed by atoms with E-state index in [2.05, 4.69) is 15.6 Å². The first-order valence-electron chi connectivity index (χ1n) is 9.32. The second kappa shape index (κ2) is 9.32. The molecule has 2 aromatic rings. The molecular formula is C21H25FN4O2. The van der Waals surface area contributed by atoms with Gasteiger partial charge in [0.15, 0.2) is 5.96 Å². The van der Waals surface area contributed by atoms with Crippen LogP contribution in [0.2, 0.25) is 0 Å². The van der Waals surface area contributed by atoms with Gasteiger partial charge in [-0.2, -0.15) is 0 Å². The smallest absolute Gasteiger partial charge is 0.227 e. The molecule has 148 valence electrons. The van der Waals surface area contributed by atoms with Crippen molar-refractivity contribution in [3.63, 3.8) is 0 Å². The average molecular weight is 384 g/mol. The number of benzene rings is 2. The van der Waals surface area contributed by atoms with Gasteiger partial charge in [0.2, 0.25) is 5.91 Å². The van der Waals surface area contributed by atoms with E-state index in [1.807, 2.05) is 29.2 Å². The Morgan fingerprint density at radius 2 is 1.82 bits per heavy atom. The summed E-state index contributed by atoms with van der Waals surface area (Å²) in [5.74, 6) is 0.391. The largest absolute Gasteiger partial charge is 0.392 e. The highest BCUT2D eigenvalue weighted by atomic mass is 19.1. The highest BCUT2D eigenvalue weighted by molar-refractivity contribution is 5.95. The van der Waals surface area contributed by atoms with Crippen LogP contribution >= 0.6 is 0 Å². The first-order chi connectivity index (χ1) is 13.6. The number of guanidine groups is 1. The summed E-state index contributed by atoms with van der Waals surface area (Å²) in [6.45, 7) is 1.50. The maximum absolute atomic E-state index is 13.5. The molecule has 0 aromatic heterocycles. The Bertz CT molecular complexity index is 852. The van der Waals surface area contributed by atoms with Crippen molar-refractivity contribution < 1.29 is 14.3 Å². The lowest BCUT2D eigenvalue weighted by molar-refractivity contribution is -0.117. The van der Waals surface area contributed by atoms with Crippen molar-refractivity contribution in [3.05, 3.63) is 65.0 Å². The number of carbonyl (C=O) groups is 1. The molecule has 1 fully saturated rings. The molecule has 1 aliphatic rings. The van der Waals surface area contributed by atoms with Gasteiger partial charge in [0, 0.05) is 44.4 Å². The molecule has 28 heavy (non-hydrogen) atoms. The number of aliphatic hydroxyl groups is 1. The Hall–Kier alpha value is -2.93. The van der Waals surface area contributed by atoms with Crippen molar-refractivity contribution in [2.75, 3.05) is 18.5 Å².